The summed E-state index contributed by atoms with van der Waals surface area (Å²) >= 11 is 5.81. The number of aliphatic hydroxyl groups excluding tert-OH is 1. The fourth-order valence-electron chi connectivity index (χ4n) is 2.09. The van der Waals surface area contributed by atoms with Crippen LogP contribution in [0.2, 0.25) is 5.02 Å². The Hall–Kier alpha value is -2.05. The highest BCUT2D eigenvalue weighted by Crippen LogP contribution is 2.17. The third kappa shape index (κ3) is 4.71. The predicted molar refractivity (Wildman–Crippen MR) is 90.7 cm³/mol. The molecule has 0 radical (unpaired) electrons. The number of hydrogen-bond donors (Lipinski definition) is 3. The van der Waals surface area contributed by atoms with Gasteiger partial charge in [-0.1, -0.05) is 30.7 Å². The molecule has 6 nitrogen and oxygen atoms in total. The van der Waals surface area contributed by atoms with E-state index in [2.05, 4.69) is 22.7 Å². The molecule has 1 aromatic carbocycles. The molecule has 0 aliphatic carbocycles. The molecule has 2 rings (SSSR count). The molecule has 0 saturated carbocycles. The normalized spacial score (nSPS) is 13.4. The molecule has 0 aliphatic rings. The topological polar surface area (TPSA) is 79.2 Å². The van der Waals surface area contributed by atoms with Gasteiger partial charge in [0.1, 0.15) is 5.82 Å². The molecule has 0 spiro atoms. The minimum absolute atomic E-state index is 0.102. The Kier molecular flexibility index (Phi) is 6.01. The van der Waals surface area contributed by atoms with Gasteiger partial charge in [0.2, 0.25) is 0 Å². The second-order valence-corrected chi connectivity index (χ2v) is 5.76. The van der Waals surface area contributed by atoms with Crippen LogP contribution in [0.3, 0.4) is 0 Å². The molecule has 7 heteroatoms. The molecular weight excluding hydrogens is 316 g/mol. The minimum Gasteiger partial charge on any atom is -0.387 e. The Bertz CT molecular complexity index is 642. The summed E-state index contributed by atoms with van der Waals surface area (Å²) in [7, 11) is 0. The van der Waals surface area contributed by atoms with Gasteiger partial charge >= 0.3 is 6.03 Å². The zero-order valence-electron chi connectivity index (χ0n) is 13.2. The van der Waals surface area contributed by atoms with E-state index in [9.17, 15) is 9.90 Å². The van der Waals surface area contributed by atoms with E-state index in [0.29, 0.717) is 16.4 Å². The van der Waals surface area contributed by atoms with Crippen LogP contribution >= 0.6 is 11.6 Å². The Labute approximate surface area is 140 Å². The molecule has 0 saturated heterocycles. The lowest BCUT2D eigenvalue weighted by atomic mass is 10.1. The van der Waals surface area contributed by atoms with Crippen molar-refractivity contribution in [3.8, 4) is 0 Å². The van der Waals surface area contributed by atoms with Crippen molar-refractivity contribution in [1.29, 1.82) is 0 Å². The first-order valence-electron chi connectivity index (χ1n) is 7.53. The van der Waals surface area contributed by atoms with E-state index in [4.69, 9.17) is 11.6 Å². The van der Waals surface area contributed by atoms with Gasteiger partial charge in [-0.25, -0.2) is 9.48 Å². The van der Waals surface area contributed by atoms with Crippen LogP contribution in [0.15, 0.2) is 36.5 Å². The Morgan fingerprint density at radius 2 is 2.04 bits per heavy atom. The van der Waals surface area contributed by atoms with Crippen LogP contribution in [0.5, 0.6) is 0 Å². The van der Waals surface area contributed by atoms with Gasteiger partial charge in [0, 0.05) is 17.6 Å². The molecule has 2 aromatic rings. The highest BCUT2D eigenvalue weighted by molar-refractivity contribution is 6.30. The monoisotopic (exact) mass is 336 g/mol. The number of aliphatic hydroxyl groups is 1. The molecular formula is C16H21ClN4O2. The summed E-state index contributed by atoms with van der Waals surface area (Å²) in [6, 6.07) is 8.40. The number of benzene rings is 1. The fraction of sp³-hybridized carbons (Fsp3) is 0.375. The highest BCUT2D eigenvalue weighted by atomic mass is 35.5. The summed E-state index contributed by atoms with van der Waals surface area (Å²) in [4.78, 5) is 12.0. The van der Waals surface area contributed by atoms with Gasteiger partial charge in [-0.3, -0.25) is 5.32 Å². The zero-order chi connectivity index (χ0) is 16.8. The maximum atomic E-state index is 12.0. The van der Waals surface area contributed by atoms with E-state index in [1.807, 2.05) is 6.92 Å². The number of carbonyl (C=O) groups is 1. The predicted octanol–water partition coefficient (Wildman–Crippen LogP) is 3.36. The molecule has 2 amide bonds. The number of amides is 2. The highest BCUT2D eigenvalue weighted by Gasteiger charge is 2.13. The van der Waals surface area contributed by atoms with Crippen molar-refractivity contribution in [3.63, 3.8) is 0 Å². The molecule has 2 atom stereocenters. The van der Waals surface area contributed by atoms with Crippen molar-refractivity contribution in [2.45, 2.75) is 32.4 Å². The van der Waals surface area contributed by atoms with Gasteiger partial charge in [-0.2, -0.15) is 5.10 Å². The quantitative estimate of drug-likeness (QED) is 0.756. The van der Waals surface area contributed by atoms with Crippen LogP contribution < -0.4 is 10.6 Å². The van der Waals surface area contributed by atoms with Crippen LogP contribution in [0.1, 0.15) is 38.0 Å². The summed E-state index contributed by atoms with van der Waals surface area (Å²) in [5.74, 6) is 0.623. The van der Waals surface area contributed by atoms with Gasteiger partial charge in [-0.15, -0.1) is 0 Å². The van der Waals surface area contributed by atoms with Gasteiger partial charge in [-0.05, 0) is 31.0 Å². The van der Waals surface area contributed by atoms with Crippen LogP contribution in [-0.4, -0.2) is 27.5 Å². The second-order valence-electron chi connectivity index (χ2n) is 5.32. The van der Waals surface area contributed by atoms with Gasteiger partial charge in [0.15, 0.2) is 0 Å². The number of urea groups is 1. The van der Waals surface area contributed by atoms with E-state index in [0.717, 1.165) is 6.42 Å². The van der Waals surface area contributed by atoms with Gasteiger partial charge in [0.25, 0.3) is 0 Å². The lowest BCUT2D eigenvalue weighted by Crippen LogP contribution is -2.33. The fourth-order valence-corrected chi connectivity index (χ4v) is 2.22. The first-order valence-corrected chi connectivity index (χ1v) is 7.91. The number of hydrogen-bond acceptors (Lipinski definition) is 3. The number of anilines is 1. The number of halogens is 1. The molecule has 3 N–H and O–H groups in total. The largest absolute Gasteiger partial charge is 0.387 e. The molecule has 23 heavy (non-hydrogen) atoms. The average Bonchev–Trinajstić information content (AvgIpc) is 3.00. The summed E-state index contributed by atoms with van der Waals surface area (Å²) in [6.45, 7) is 4.18. The number of nitrogens with zero attached hydrogens (tertiary/aromatic N) is 2. The zero-order valence-corrected chi connectivity index (χ0v) is 13.9. The van der Waals surface area contributed by atoms with E-state index < -0.39 is 6.10 Å². The van der Waals surface area contributed by atoms with Crippen molar-refractivity contribution < 1.29 is 9.90 Å². The molecule has 1 heterocycles. The van der Waals surface area contributed by atoms with Crippen molar-refractivity contribution >= 4 is 23.4 Å². The number of nitrogens with one attached hydrogen (secondary N) is 2. The minimum atomic E-state index is -0.794. The summed E-state index contributed by atoms with van der Waals surface area (Å²) in [6.07, 6.45) is 1.76. The van der Waals surface area contributed by atoms with Crippen LogP contribution in [0.4, 0.5) is 10.6 Å². The van der Waals surface area contributed by atoms with Gasteiger partial charge in [0.05, 0.1) is 18.3 Å². The Morgan fingerprint density at radius 1 is 1.35 bits per heavy atom. The van der Waals surface area contributed by atoms with Crippen molar-refractivity contribution in [1.82, 2.24) is 15.1 Å². The van der Waals surface area contributed by atoms with Crippen LogP contribution in [0, 0.1) is 0 Å². The third-order valence-corrected chi connectivity index (χ3v) is 3.88. The van der Waals surface area contributed by atoms with Crippen molar-refractivity contribution in [2.75, 3.05) is 11.9 Å². The standard InChI is InChI=1S/C16H21ClN4O2/c1-3-11(2)21-15(8-9-19-21)20-16(23)18-10-14(22)12-4-6-13(17)7-5-12/h4-9,11,14,22H,3,10H2,1-2H3,(H2,18,20,23)/t11-,14-/m1/s1. The number of aromatic nitrogens is 2. The van der Waals surface area contributed by atoms with Gasteiger partial charge < -0.3 is 10.4 Å². The molecule has 0 unspecified atom stereocenters. The molecule has 0 fully saturated rings. The average molecular weight is 337 g/mol. The lowest BCUT2D eigenvalue weighted by Gasteiger charge is -2.16. The molecule has 124 valence electrons. The number of rotatable bonds is 6. The van der Waals surface area contributed by atoms with E-state index in [-0.39, 0.29) is 18.6 Å². The smallest absolute Gasteiger partial charge is 0.320 e. The maximum Gasteiger partial charge on any atom is 0.320 e. The van der Waals surface area contributed by atoms with E-state index in [1.165, 1.54) is 0 Å². The van der Waals surface area contributed by atoms with Crippen molar-refractivity contribution in [3.05, 3.63) is 47.1 Å². The van der Waals surface area contributed by atoms with Crippen LogP contribution in [-0.2, 0) is 0 Å². The van der Waals surface area contributed by atoms with Crippen LogP contribution in [0.25, 0.3) is 0 Å². The summed E-state index contributed by atoms with van der Waals surface area (Å²) in [5.41, 5.74) is 0.694. The maximum absolute atomic E-state index is 12.0. The second kappa shape index (κ2) is 7.99. The molecule has 0 bridgehead atoms. The molecule has 1 aromatic heterocycles. The molecule has 0 aliphatic heterocycles. The SMILES string of the molecule is CC[C@@H](C)n1nccc1NC(=O)NC[C@@H](O)c1ccc(Cl)cc1. The Balaban J connectivity index is 1.88. The third-order valence-electron chi connectivity index (χ3n) is 3.63. The first-order chi connectivity index (χ1) is 11.0. The lowest BCUT2D eigenvalue weighted by molar-refractivity contribution is 0.175. The van der Waals surface area contributed by atoms with E-state index in [1.54, 1.807) is 41.2 Å². The van der Waals surface area contributed by atoms with E-state index >= 15 is 0 Å². The summed E-state index contributed by atoms with van der Waals surface area (Å²) < 4.78 is 1.76. The number of carbonyl (C=O) groups excluding carboxylic acids is 1. The Morgan fingerprint density at radius 3 is 2.70 bits per heavy atom. The van der Waals surface area contributed by atoms with Crippen molar-refractivity contribution in [2.24, 2.45) is 0 Å². The summed E-state index contributed by atoms with van der Waals surface area (Å²) in [5, 5.41) is 20.3. The first kappa shape index (κ1) is 17.3.